The smallest absolute Gasteiger partial charge is 0.417 e. The third kappa shape index (κ3) is 3.11. The number of hydrogen-bond acceptors (Lipinski definition) is 5. The van der Waals surface area contributed by atoms with Gasteiger partial charge in [-0.3, -0.25) is 4.79 Å². The van der Waals surface area contributed by atoms with E-state index in [0.717, 1.165) is 4.90 Å². The largest absolute Gasteiger partial charge is 0.443 e. The summed E-state index contributed by atoms with van der Waals surface area (Å²) in [6.07, 6.45) is 0.173. The van der Waals surface area contributed by atoms with E-state index < -0.39 is 41.6 Å². The molecule has 21 heavy (non-hydrogen) atoms. The summed E-state index contributed by atoms with van der Waals surface area (Å²) in [5.74, 6) is -1.24. The second-order valence-electron chi connectivity index (χ2n) is 6.80. The van der Waals surface area contributed by atoms with Crippen molar-refractivity contribution in [3.8, 4) is 0 Å². The SMILES string of the molecule is C=CC[C@H]1[C@@H]2OC(C)(C)O[C@@H]2C(=O)N1C(=O)OC(C)(C)C. The number of imide groups is 1. The Morgan fingerprint density at radius 2 is 2.05 bits per heavy atom. The zero-order chi connectivity index (χ0) is 16.0. The average Bonchev–Trinajstić information content (AvgIpc) is 2.72. The number of hydrogen-bond donors (Lipinski definition) is 0. The van der Waals surface area contributed by atoms with Crippen LogP contribution in [0.1, 0.15) is 41.0 Å². The van der Waals surface area contributed by atoms with Crippen molar-refractivity contribution in [2.75, 3.05) is 0 Å². The van der Waals surface area contributed by atoms with Crippen LogP contribution in [-0.2, 0) is 19.0 Å². The first-order valence-electron chi connectivity index (χ1n) is 7.08. The van der Waals surface area contributed by atoms with Crippen LogP contribution in [0, 0.1) is 0 Å². The van der Waals surface area contributed by atoms with Crippen molar-refractivity contribution >= 4 is 12.0 Å². The molecular weight excluding hydrogens is 274 g/mol. The van der Waals surface area contributed by atoms with Crippen LogP contribution < -0.4 is 0 Å². The van der Waals surface area contributed by atoms with Crippen LogP contribution in [0.25, 0.3) is 0 Å². The van der Waals surface area contributed by atoms with Crippen molar-refractivity contribution in [3.63, 3.8) is 0 Å². The molecule has 2 saturated heterocycles. The molecule has 0 radical (unpaired) electrons. The zero-order valence-electron chi connectivity index (χ0n) is 13.2. The maximum absolute atomic E-state index is 12.5. The second kappa shape index (κ2) is 5.10. The van der Waals surface area contributed by atoms with Crippen LogP contribution in [-0.4, -0.2) is 46.5 Å². The summed E-state index contributed by atoms with van der Waals surface area (Å²) in [6.45, 7) is 12.4. The van der Waals surface area contributed by atoms with Crippen molar-refractivity contribution in [3.05, 3.63) is 12.7 Å². The standard InChI is InChI=1S/C15H23NO5/c1-7-8-9-10-11(20-15(5,6)19-10)12(17)16(9)13(18)21-14(2,3)4/h7,9-11H,1,8H2,2-6H3/t9-,10-,11-/m0/s1. The van der Waals surface area contributed by atoms with E-state index in [0.29, 0.717) is 6.42 Å². The molecule has 0 spiro atoms. The number of carbonyl (C=O) groups is 2. The monoisotopic (exact) mass is 297 g/mol. The van der Waals surface area contributed by atoms with E-state index in [1.165, 1.54) is 0 Å². The summed E-state index contributed by atoms with van der Waals surface area (Å²) in [5, 5.41) is 0. The van der Waals surface area contributed by atoms with E-state index in [1.807, 2.05) is 0 Å². The van der Waals surface area contributed by atoms with Gasteiger partial charge in [-0.05, 0) is 41.0 Å². The maximum atomic E-state index is 12.5. The summed E-state index contributed by atoms with van der Waals surface area (Å²) in [6, 6.07) is -0.448. The van der Waals surface area contributed by atoms with Gasteiger partial charge in [-0.1, -0.05) is 6.08 Å². The molecule has 0 bridgehead atoms. The molecular formula is C15H23NO5. The molecule has 0 saturated carbocycles. The summed E-state index contributed by atoms with van der Waals surface area (Å²) in [5.41, 5.74) is -0.672. The molecule has 0 N–H and O–H groups in total. The number of carbonyl (C=O) groups excluding carboxylic acids is 2. The Hall–Kier alpha value is -1.40. The quantitative estimate of drug-likeness (QED) is 0.731. The third-order valence-corrected chi connectivity index (χ3v) is 3.32. The first-order chi connectivity index (χ1) is 9.56. The third-order valence-electron chi connectivity index (χ3n) is 3.32. The van der Waals surface area contributed by atoms with Gasteiger partial charge in [-0.15, -0.1) is 6.58 Å². The van der Waals surface area contributed by atoms with E-state index >= 15 is 0 Å². The molecule has 2 heterocycles. The van der Waals surface area contributed by atoms with Crippen molar-refractivity contribution in [1.29, 1.82) is 0 Å². The van der Waals surface area contributed by atoms with E-state index in [1.54, 1.807) is 40.7 Å². The predicted octanol–water partition coefficient (Wildman–Crippen LogP) is 2.23. The van der Waals surface area contributed by atoms with Crippen LogP contribution in [0.3, 0.4) is 0 Å². The van der Waals surface area contributed by atoms with Gasteiger partial charge in [-0.25, -0.2) is 9.69 Å². The van der Waals surface area contributed by atoms with Gasteiger partial charge in [-0.2, -0.15) is 0 Å². The zero-order valence-corrected chi connectivity index (χ0v) is 13.2. The van der Waals surface area contributed by atoms with Gasteiger partial charge < -0.3 is 14.2 Å². The lowest BCUT2D eigenvalue weighted by Gasteiger charge is -2.30. The molecule has 3 atom stereocenters. The van der Waals surface area contributed by atoms with Gasteiger partial charge in [0.15, 0.2) is 11.9 Å². The molecule has 2 aliphatic rings. The number of amides is 2. The fourth-order valence-electron chi connectivity index (χ4n) is 2.66. The lowest BCUT2D eigenvalue weighted by atomic mass is 10.1. The molecule has 118 valence electrons. The van der Waals surface area contributed by atoms with Crippen molar-refractivity contribution in [2.24, 2.45) is 0 Å². The van der Waals surface area contributed by atoms with Crippen LogP contribution in [0.4, 0.5) is 4.79 Å². The van der Waals surface area contributed by atoms with Crippen molar-refractivity contribution in [1.82, 2.24) is 4.90 Å². The lowest BCUT2D eigenvalue weighted by Crippen LogP contribution is -2.46. The molecule has 2 amide bonds. The molecule has 2 aliphatic heterocycles. The summed E-state index contributed by atoms with van der Waals surface area (Å²) < 4.78 is 16.7. The maximum Gasteiger partial charge on any atom is 0.417 e. The summed E-state index contributed by atoms with van der Waals surface area (Å²) in [4.78, 5) is 25.9. The molecule has 6 heteroatoms. The van der Waals surface area contributed by atoms with Crippen LogP contribution in [0.5, 0.6) is 0 Å². The number of rotatable bonds is 2. The topological polar surface area (TPSA) is 65.1 Å². The average molecular weight is 297 g/mol. The Bertz CT molecular complexity index is 465. The molecule has 0 aromatic heterocycles. The Morgan fingerprint density at radius 1 is 1.43 bits per heavy atom. The lowest BCUT2D eigenvalue weighted by molar-refractivity contribution is -0.171. The van der Waals surface area contributed by atoms with Gasteiger partial charge in [0.05, 0.1) is 6.04 Å². The highest BCUT2D eigenvalue weighted by Crippen LogP contribution is 2.39. The molecule has 0 aliphatic carbocycles. The Balaban J connectivity index is 2.24. The van der Waals surface area contributed by atoms with E-state index in [9.17, 15) is 9.59 Å². The molecule has 2 fully saturated rings. The van der Waals surface area contributed by atoms with Gasteiger partial charge in [0.25, 0.3) is 5.91 Å². The number of likely N-dealkylation sites (tertiary alicyclic amines) is 1. The van der Waals surface area contributed by atoms with Gasteiger partial charge in [0, 0.05) is 0 Å². The summed E-state index contributed by atoms with van der Waals surface area (Å²) in [7, 11) is 0. The number of fused-ring (bicyclic) bond motifs is 1. The van der Waals surface area contributed by atoms with Gasteiger partial charge in [0.1, 0.15) is 11.7 Å². The Labute approximate surface area is 125 Å². The molecule has 6 nitrogen and oxygen atoms in total. The fourth-order valence-corrected chi connectivity index (χ4v) is 2.66. The van der Waals surface area contributed by atoms with Crippen LogP contribution >= 0.6 is 0 Å². The van der Waals surface area contributed by atoms with E-state index in [2.05, 4.69) is 6.58 Å². The van der Waals surface area contributed by atoms with E-state index in [-0.39, 0.29) is 0 Å². The fraction of sp³-hybridized carbons (Fsp3) is 0.733. The first kappa shape index (κ1) is 16.0. The molecule has 2 rings (SSSR count). The Kier molecular flexibility index (Phi) is 3.88. The normalized spacial score (nSPS) is 31.2. The minimum Gasteiger partial charge on any atom is -0.443 e. The second-order valence-corrected chi connectivity index (χ2v) is 6.80. The highest BCUT2D eigenvalue weighted by Gasteiger charge is 2.59. The van der Waals surface area contributed by atoms with Gasteiger partial charge in [0.2, 0.25) is 0 Å². The highest BCUT2D eigenvalue weighted by atomic mass is 16.8. The number of ether oxygens (including phenoxy) is 3. The highest BCUT2D eigenvalue weighted by molar-refractivity contribution is 5.98. The molecule has 0 aromatic rings. The van der Waals surface area contributed by atoms with Gasteiger partial charge >= 0.3 is 6.09 Å². The predicted molar refractivity (Wildman–Crippen MR) is 75.5 cm³/mol. The molecule has 0 aromatic carbocycles. The number of nitrogens with zero attached hydrogens (tertiary/aromatic N) is 1. The first-order valence-corrected chi connectivity index (χ1v) is 7.08. The minimum absolute atomic E-state index is 0.410. The Morgan fingerprint density at radius 3 is 2.57 bits per heavy atom. The van der Waals surface area contributed by atoms with Crippen LogP contribution in [0.15, 0.2) is 12.7 Å². The van der Waals surface area contributed by atoms with Crippen molar-refractivity contribution in [2.45, 2.75) is 70.7 Å². The summed E-state index contributed by atoms with van der Waals surface area (Å²) >= 11 is 0. The van der Waals surface area contributed by atoms with E-state index in [4.69, 9.17) is 14.2 Å². The van der Waals surface area contributed by atoms with Crippen LogP contribution in [0.2, 0.25) is 0 Å². The minimum atomic E-state index is -0.829. The van der Waals surface area contributed by atoms with Crippen molar-refractivity contribution < 1.29 is 23.8 Å². The molecule has 0 unspecified atom stereocenters.